The maximum atomic E-state index is 11.3. The fourth-order valence-electron chi connectivity index (χ4n) is 1.69. The van der Waals surface area contributed by atoms with E-state index >= 15 is 0 Å². The van der Waals surface area contributed by atoms with Crippen LogP contribution in [0.4, 0.5) is 0 Å². The molecule has 1 aromatic heterocycles. The Morgan fingerprint density at radius 1 is 1.41 bits per heavy atom. The molecular weight excluding hydrogens is 220 g/mol. The zero-order valence-corrected chi connectivity index (χ0v) is 9.86. The highest BCUT2D eigenvalue weighted by Crippen LogP contribution is 2.28. The third-order valence-electron chi connectivity index (χ3n) is 2.40. The molecule has 0 atom stereocenters. The zero-order valence-electron chi connectivity index (χ0n) is 9.86. The number of furan rings is 1. The molecule has 0 amide bonds. The van der Waals surface area contributed by atoms with Crippen LogP contribution < -0.4 is 4.74 Å². The van der Waals surface area contributed by atoms with E-state index in [1.807, 2.05) is 24.3 Å². The molecule has 90 valence electrons. The molecule has 4 nitrogen and oxygen atoms in total. The molecule has 0 aliphatic rings. The smallest absolute Gasteiger partial charge is 0.313 e. The molecule has 2 rings (SSSR count). The molecule has 0 aliphatic heterocycles. The van der Waals surface area contributed by atoms with Gasteiger partial charge in [-0.1, -0.05) is 12.1 Å². The van der Waals surface area contributed by atoms with Crippen LogP contribution in [0.3, 0.4) is 0 Å². The second-order valence-corrected chi connectivity index (χ2v) is 3.57. The Morgan fingerprint density at radius 2 is 2.24 bits per heavy atom. The molecule has 0 aliphatic carbocycles. The zero-order chi connectivity index (χ0) is 12.3. The lowest BCUT2D eigenvalue weighted by Gasteiger charge is -1.99. The van der Waals surface area contributed by atoms with Gasteiger partial charge in [-0.3, -0.25) is 4.79 Å². The number of esters is 1. The minimum atomic E-state index is -0.287. The van der Waals surface area contributed by atoms with Gasteiger partial charge in [-0.2, -0.15) is 0 Å². The minimum absolute atomic E-state index is 0.145. The average molecular weight is 234 g/mol. The first-order chi connectivity index (χ1) is 8.24. The van der Waals surface area contributed by atoms with Gasteiger partial charge in [-0.25, -0.2) is 0 Å². The van der Waals surface area contributed by atoms with Crippen LogP contribution in [0.2, 0.25) is 0 Å². The van der Waals surface area contributed by atoms with Crippen LogP contribution in [-0.4, -0.2) is 19.7 Å². The predicted molar refractivity (Wildman–Crippen MR) is 63.1 cm³/mol. The molecule has 2 aromatic rings. The maximum absolute atomic E-state index is 11.3. The van der Waals surface area contributed by atoms with Gasteiger partial charge in [0.15, 0.2) is 11.3 Å². The van der Waals surface area contributed by atoms with Crippen LogP contribution in [0, 0.1) is 0 Å². The highest BCUT2D eigenvalue weighted by molar-refractivity contribution is 5.84. The number of methoxy groups -OCH3 is 1. The van der Waals surface area contributed by atoms with Crippen LogP contribution in [-0.2, 0) is 16.0 Å². The van der Waals surface area contributed by atoms with Crippen molar-refractivity contribution in [1.29, 1.82) is 0 Å². The van der Waals surface area contributed by atoms with Crippen LogP contribution >= 0.6 is 0 Å². The van der Waals surface area contributed by atoms with Crippen molar-refractivity contribution < 1.29 is 18.7 Å². The fraction of sp³-hybridized carbons (Fsp3) is 0.308. The van der Waals surface area contributed by atoms with Crippen LogP contribution in [0.15, 0.2) is 28.7 Å². The van der Waals surface area contributed by atoms with Crippen molar-refractivity contribution in [3.63, 3.8) is 0 Å². The Labute approximate surface area is 99.1 Å². The number of benzene rings is 1. The molecule has 0 saturated carbocycles. The van der Waals surface area contributed by atoms with Crippen molar-refractivity contribution in [2.24, 2.45) is 0 Å². The standard InChI is InChI=1S/C13H14O4/c1-3-16-12(14)8-10-7-9-5-4-6-11(15-2)13(9)17-10/h4-7H,3,8H2,1-2H3. The van der Waals surface area contributed by atoms with Gasteiger partial charge < -0.3 is 13.9 Å². The molecule has 0 spiro atoms. The van der Waals surface area contributed by atoms with Crippen molar-refractivity contribution in [3.05, 3.63) is 30.0 Å². The second kappa shape index (κ2) is 4.91. The molecule has 0 fully saturated rings. The topological polar surface area (TPSA) is 48.7 Å². The first-order valence-electron chi connectivity index (χ1n) is 5.45. The van der Waals surface area contributed by atoms with E-state index in [2.05, 4.69) is 0 Å². The summed E-state index contributed by atoms with van der Waals surface area (Å²) in [6.45, 7) is 2.15. The fourth-order valence-corrected chi connectivity index (χ4v) is 1.69. The van der Waals surface area contributed by atoms with Crippen LogP contribution in [0.5, 0.6) is 5.75 Å². The summed E-state index contributed by atoms with van der Waals surface area (Å²) in [5.74, 6) is 0.964. The predicted octanol–water partition coefficient (Wildman–Crippen LogP) is 2.55. The number of carbonyl (C=O) groups excluding carboxylic acids is 1. The SMILES string of the molecule is CCOC(=O)Cc1cc2cccc(OC)c2o1. The lowest BCUT2D eigenvalue weighted by molar-refractivity contribution is -0.142. The summed E-state index contributed by atoms with van der Waals surface area (Å²) >= 11 is 0. The molecular formula is C13H14O4. The van der Waals surface area contributed by atoms with E-state index in [1.54, 1.807) is 14.0 Å². The van der Waals surface area contributed by atoms with Gasteiger partial charge >= 0.3 is 5.97 Å². The van der Waals surface area contributed by atoms with Crippen molar-refractivity contribution in [2.45, 2.75) is 13.3 Å². The van der Waals surface area contributed by atoms with E-state index in [0.29, 0.717) is 23.7 Å². The third kappa shape index (κ3) is 2.41. The number of para-hydroxylation sites is 1. The highest BCUT2D eigenvalue weighted by Gasteiger charge is 2.12. The van der Waals surface area contributed by atoms with Crippen LogP contribution in [0.25, 0.3) is 11.0 Å². The van der Waals surface area contributed by atoms with E-state index in [-0.39, 0.29) is 12.4 Å². The Bertz CT molecular complexity index is 527. The Hall–Kier alpha value is -1.97. The Balaban J connectivity index is 2.28. The molecule has 0 N–H and O–H groups in total. The van der Waals surface area contributed by atoms with E-state index in [9.17, 15) is 4.79 Å². The first-order valence-corrected chi connectivity index (χ1v) is 5.45. The normalized spacial score (nSPS) is 10.5. The Kier molecular flexibility index (Phi) is 3.32. The molecule has 1 heterocycles. The van der Waals surface area contributed by atoms with Crippen molar-refractivity contribution in [1.82, 2.24) is 0 Å². The van der Waals surface area contributed by atoms with Gasteiger partial charge in [0.05, 0.1) is 13.7 Å². The number of rotatable bonds is 4. The second-order valence-electron chi connectivity index (χ2n) is 3.57. The monoisotopic (exact) mass is 234 g/mol. The van der Waals surface area contributed by atoms with Gasteiger partial charge in [0, 0.05) is 5.39 Å². The van der Waals surface area contributed by atoms with Crippen molar-refractivity contribution >= 4 is 16.9 Å². The summed E-state index contributed by atoms with van der Waals surface area (Å²) in [4.78, 5) is 11.3. The molecule has 0 bridgehead atoms. The summed E-state index contributed by atoms with van der Waals surface area (Å²) in [5.41, 5.74) is 0.661. The maximum Gasteiger partial charge on any atom is 0.313 e. The number of hydrogen-bond acceptors (Lipinski definition) is 4. The van der Waals surface area contributed by atoms with Gasteiger partial charge in [0.1, 0.15) is 12.2 Å². The number of hydrogen-bond donors (Lipinski definition) is 0. The lowest BCUT2D eigenvalue weighted by Crippen LogP contribution is -2.06. The summed E-state index contributed by atoms with van der Waals surface area (Å²) < 4.78 is 15.6. The summed E-state index contributed by atoms with van der Waals surface area (Å²) in [6.07, 6.45) is 0.145. The Morgan fingerprint density at radius 3 is 2.94 bits per heavy atom. The van der Waals surface area contributed by atoms with Gasteiger partial charge in [-0.05, 0) is 19.1 Å². The quantitative estimate of drug-likeness (QED) is 0.763. The van der Waals surface area contributed by atoms with Gasteiger partial charge in [-0.15, -0.1) is 0 Å². The number of fused-ring (bicyclic) bond motifs is 1. The van der Waals surface area contributed by atoms with E-state index in [0.717, 1.165) is 5.39 Å². The van der Waals surface area contributed by atoms with Gasteiger partial charge in [0.25, 0.3) is 0 Å². The van der Waals surface area contributed by atoms with E-state index < -0.39 is 0 Å². The van der Waals surface area contributed by atoms with Crippen molar-refractivity contribution in [2.75, 3.05) is 13.7 Å². The largest absolute Gasteiger partial charge is 0.493 e. The first kappa shape index (κ1) is 11.5. The van der Waals surface area contributed by atoms with Crippen molar-refractivity contribution in [3.8, 4) is 5.75 Å². The van der Waals surface area contributed by atoms with E-state index in [4.69, 9.17) is 13.9 Å². The molecule has 0 radical (unpaired) electrons. The van der Waals surface area contributed by atoms with Gasteiger partial charge in [0.2, 0.25) is 0 Å². The summed E-state index contributed by atoms with van der Waals surface area (Å²) in [6, 6.07) is 7.44. The molecule has 0 unspecified atom stereocenters. The minimum Gasteiger partial charge on any atom is -0.493 e. The molecule has 17 heavy (non-hydrogen) atoms. The highest BCUT2D eigenvalue weighted by atomic mass is 16.5. The van der Waals surface area contributed by atoms with E-state index in [1.165, 1.54) is 0 Å². The summed E-state index contributed by atoms with van der Waals surface area (Å²) in [5, 5.41) is 0.920. The molecule has 1 aromatic carbocycles. The third-order valence-corrected chi connectivity index (χ3v) is 2.40. The van der Waals surface area contributed by atoms with Crippen LogP contribution in [0.1, 0.15) is 12.7 Å². The average Bonchev–Trinajstić information content (AvgIpc) is 2.70. The number of ether oxygens (including phenoxy) is 2. The lowest BCUT2D eigenvalue weighted by atomic mass is 10.2. The number of carbonyl (C=O) groups is 1. The molecule has 0 saturated heterocycles. The molecule has 4 heteroatoms. The summed E-state index contributed by atoms with van der Waals surface area (Å²) in [7, 11) is 1.59.